The molecule has 4 rings (SSSR count). The molecule has 4 heteroatoms. The summed E-state index contributed by atoms with van der Waals surface area (Å²) in [5.74, 6) is 1.12. The maximum atomic E-state index is 12.0. The maximum absolute atomic E-state index is 12.0. The number of nitrogens with one attached hydrogen (secondary N) is 1. The molecule has 3 aliphatic rings. The number of rotatable bonds is 0. The van der Waals surface area contributed by atoms with Crippen molar-refractivity contribution in [2.45, 2.75) is 24.8 Å². The van der Waals surface area contributed by atoms with E-state index in [-0.39, 0.29) is 11.3 Å². The average Bonchev–Trinajstić information content (AvgIpc) is 2.92. The second-order valence-corrected chi connectivity index (χ2v) is 5.95. The summed E-state index contributed by atoms with van der Waals surface area (Å²) < 4.78 is 6.02. The molecule has 0 aromatic heterocycles. The third-order valence-corrected chi connectivity index (χ3v) is 4.86. The van der Waals surface area contributed by atoms with Gasteiger partial charge in [0, 0.05) is 29.2 Å². The molecule has 1 aromatic rings. The molecule has 1 saturated heterocycles. The van der Waals surface area contributed by atoms with Crippen LogP contribution in [-0.4, -0.2) is 37.6 Å². The van der Waals surface area contributed by atoms with Crippen LogP contribution in [0.3, 0.4) is 0 Å². The van der Waals surface area contributed by atoms with Crippen molar-refractivity contribution in [1.82, 2.24) is 10.2 Å². The number of fused-ring (bicyclic) bond motifs is 4. The zero-order valence-corrected chi connectivity index (χ0v) is 11.2. The van der Waals surface area contributed by atoms with Crippen molar-refractivity contribution in [1.29, 1.82) is 0 Å². The Balaban J connectivity index is 1.83. The highest BCUT2D eigenvalue weighted by molar-refractivity contribution is 5.99. The lowest BCUT2D eigenvalue weighted by Crippen LogP contribution is -2.40. The van der Waals surface area contributed by atoms with Crippen LogP contribution in [-0.2, 0) is 12.0 Å². The number of amides is 1. The van der Waals surface area contributed by atoms with Crippen molar-refractivity contribution in [2.24, 2.45) is 0 Å². The van der Waals surface area contributed by atoms with E-state index in [4.69, 9.17) is 4.74 Å². The molecule has 3 heterocycles. The van der Waals surface area contributed by atoms with E-state index in [9.17, 15) is 4.79 Å². The van der Waals surface area contributed by atoms with Crippen LogP contribution in [0.5, 0.6) is 5.75 Å². The zero-order valence-electron chi connectivity index (χ0n) is 11.2. The standard InChI is InChI=1S/C15H18N2O2/c1-17-8-11-10(14(17)18)2-3-12-13(11)19-9-15(12)4-6-16-7-5-15/h2-3,16H,4-9H2,1H3. The number of piperidine rings is 1. The summed E-state index contributed by atoms with van der Waals surface area (Å²) in [7, 11) is 1.85. The van der Waals surface area contributed by atoms with Crippen LogP contribution in [0.1, 0.15) is 34.3 Å². The highest BCUT2D eigenvalue weighted by Gasteiger charge is 2.44. The second kappa shape index (κ2) is 3.73. The molecule has 19 heavy (non-hydrogen) atoms. The largest absolute Gasteiger partial charge is 0.492 e. The summed E-state index contributed by atoms with van der Waals surface area (Å²) >= 11 is 0. The molecule has 0 radical (unpaired) electrons. The van der Waals surface area contributed by atoms with Crippen LogP contribution in [0.4, 0.5) is 0 Å². The van der Waals surface area contributed by atoms with Gasteiger partial charge in [-0.3, -0.25) is 4.79 Å². The monoisotopic (exact) mass is 258 g/mol. The van der Waals surface area contributed by atoms with Gasteiger partial charge in [-0.25, -0.2) is 0 Å². The summed E-state index contributed by atoms with van der Waals surface area (Å²) in [6, 6.07) is 4.13. The number of carbonyl (C=O) groups is 1. The van der Waals surface area contributed by atoms with Crippen molar-refractivity contribution < 1.29 is 9.53 Å². The number of hydrogen-bond donors (Lipinski definition) is 1. The summed E-state index contributed by atoms with van der Waals surface area (Å²) in [6.45, 7) is 3.57. The van der Waals surface area contributed by atoms with Crippen molar-refractivity contribution in [3.63, 3.8) is 0 Å². The van der Waals surface area contributed by atoms with Crippen LogP contribution in [0.25, 0.3) is 0 Å². The second-order valence-electron chi connectivity index (χ2n) is 5.95. The van der Waals surface area contributed by atoms with Crippen LogP contribution < -0.4 is 10.1 Å². The lowest BCUT2D eigenvalue weighted by atomic mass is 9.74. The summed E-state index contributed by atoms with van der Waals surface area (Å²) in [5, 5.41) is 3.42. The number of ether oxygens (including phenoxy) is 1. The fraction of sp³-hybridized carbons (Fsp3) is 0.533. The molecule has 0 aliphatic carbocycles. The van der Waals surface area contributed by atoms with Gasteiger partial charge in [0.05, 0.1) is 13.2 Å². The molecule has 0 bridgehead atoms. The predicted molar refractivity (Wildman–Crippen MR) is 71.5 cm³/mol. The van der Waals surface area contributed by atoms with E-state index in [0.29, 0.717) is 6.54 Å². The van der Waals surface area contributed by atoms with Crippen molar-refractivity contribution in [2.75, 3.05) is 26.7 Å². The number of carbonyl (C=O) groups excluding carboxylic acids is 1. The van der Waals surface area contributed by atoms with E-state index in [1.165, 1.54) is 5.56 Å². The first-order valence-corrected chi connectivity index (χ1v) is 6.97. The number of nitrogens with zero attached hydrogens (tertiary/aromatic N) is 1. The smallest absolute Gasteiger partial charge is 0.254 e. The van der Waals surface area contributed by atoms with Crippen molar-refractivity contribution >= 4 is 5.91 Å². The molecule has 1 spiro atoms. The molecular formula is C15H18N2O2. The molecular weight excluding hydrogens is 240 g/mol. The first-order valence-electron chi connectivity index (χ1n) is 6.97. The van der Waals surface area contributed by atoms with Gasteiger partial charge in [-0.1, -0.05) is 6.07 Å². The topological polar surface area (TPSA) is 41.6 Å². The Kier molecular flexibility index (Phi) is 2.22. The first kappa shape index (κ1) is 11.3. The number of benzene rings is 1. The van der Waals surface area contributed by atoms with Gasteiger partial charge in [0.25, 0.3) is 5.91 Å². The lowest BCUT2D eigenvalue weighted by Gasteiger charge is -2.32. The normalized spacial score (nSPS) is 23.4. The molecule has 4 nitrogen and oxygen atoms in total. The van der Waals surface area contributed by atoms with E-state index in [1.54, 1.807) is 4.90 Å². The van der Waals surface area contributed by atoms with Gasteiger partial charge in [-0.05, 0) is 32.0 Å². The van der Waals surface area contributed by atoms with E-state index >= 15 is 0 Å². The van der Waals surface area contributed by atoms with Gasteiger partial charge >= 0.3 is 0 Å². The Morgan fingerprint density at radius 3 is 2.89 bits per heavy atom. The van der Waals surface area contributed by atoms with Gasteiger partial charge in [-0.2, -0.15) is 0 Å². The third-order valence-electron chi connectivity index (χ3n) is 4.86. The quantitative estimate of drug-likeness (QED) is 0.762. The summed E-state index contributed by atoms with van der Waals surface area (Å²) in [4.78, 5) is 13.8. The SMILES string of the molecule is CN1Cc2c(ccc3c2OCC32CCNCC2)C1=O. The molecule has 3 aliphatic heterocycles. The Bertz CT molecular complexity index is 562. The molecule has 0 saturated carbocycles. The Labute approximate surface area is 112 Å². The summed E-state index contributed by atoms with van der Waals surface area (Å²) in [6.07, 6.45) is 2.26. The van der Waals surface area contributed by atoms with Crippen LogP contribution in [0.15, 0.2) is 12.1 Å². The number of hydrogen-bond acceptors (Lipinski definition) is 3. The Morgan fingerprint density at radius 2 is 2.11 bits per heavy atom. The predicted octanol–water partition coefficient (Wildman–Crippen LogP) is 1.29. The molecule has 1 aromatic carbocycles. The molecule has 100 valence electrons. The highest BCUT2D eigenvalue weighted by Crippen LogP contribution is 2.48. The van der Waals surface area contributed by atoms with Crippen LogP contribution >= 0.6 is 0 Å². The van der Waals surface area contributed by atoms with Gasteiger partial charge in [0.15, 0.2) is 0 Å². The highest BCUT2D eigenvalue weighted by atomic mass is 16.5. The minimum Gasteiger partial charge on any atom is -0.492 e. The van der Waals surface area contributed by atoms with Gasteiger partial charge < -0.3 is 15.0 Å². The minimum absolute atomic E-state index is 0.118. The first-order chi connectivity index (χ1) is 9.21. The zero-order chi connectivity index (χ0) is 13.0. The van der Waals surface area contributed by atoms with Crippen molar-refractivity contribution in [3.8, 4) is 5.75 Å². The van der Waals surface area contributed by atoms with E-state index in [2.05, 4.69) is 11.4 Å². The third kappa shape index (κ3) is 1.40. The Hall–Kier alpha value is -1.55. The average molecular weight is 258 g/mol. The van der Waals surface area contributed by atoms with E-state index < -0.39 is 0 Å². The van der Waals surface area contributed by atoms with Gasteiger partial charge in [-0.15, -0.1) is 0 Å². The van der Waals surface area contributed by atoms with E-state index in [0.717, 1.165) is 49.4 Å². The maximum Gasteiger partial charge on any atom is 0.254 e. The van der Waals surface area contributed by atoms with Crippen LogP contribution in [0.2, 0.25) is 0 Å². The van der Waals surface area contributed by atoms with Gasteiger partial charge in [0.1, 0.15) is 5.75 Å². The molecule has 0 atom stereocenters. The minimum atomic E-state index is 0.118. The van der Waals surface area contributed by atoms with Crippen molar-refractivity contribution in [3.05, 3.63) is 28.8 Å². The fourth-order valence-electron chi connectivity index (χ4n) is 3.69. The fourth-order valence-corrected chi connectivity index (χ4v) is 3.69. The molecule has 1 amide bonds. The van der Waals surface area contributed by atoms with Crippen LogP contribution in [0, 0.1) is 0 Å². The summed E-state index contributed by atoms with van der Waals surface area (Å²) in [5.41, 5.74) is 3.43. The van der Waals surface area contributed by atoms with E-state index in [1.807, 2.05) is 13.1 Å². The van der Waals surface area contributed by atoms with Gasteiger partial charge in [0.2, 0.25) is 0 Å². The molecule has 1 fully saturated rings. The molecule has 0 unspecified atom stereocenters. The lowest BCUT2D eigenvalue weighted by molar-refractivity contribution is 0.0816. The molecule has 1 N–H and O–H groups in total. The Morgan fingerprint density at radius 1 is 1.32 bits per heavy atom.